The smallest absolute Gasteiger partial charge is 0.331 e. The van der Waals surface area contributed by atoms with Gasteiger partial charge in [0.25, 0.3) is 5.91 Å². The molecule has 1 N–H and O–H groups in total. The molecular weight excluding hydrogens is 426 g/mol. The van der Waals surface area contributed by atoms with Gasteiger partial charge in [-0.2, -0.15) is 0 Å². The molecule has 0 atom stereocenters. The second-order valence-electron chi connectivity index (χ2n) is 6.80. The number of rotatable bonds is 13. The number of hydrogen-bond acceptors (Lipinski definition) is 7. The van der Waals surface area contributed by atoms with Crippen LogP contribution in [0.5, 0.6) is 23.0 Å². The van der Waals surface area contributed by atoms with E-state index in [0.29, 0.717) is 49.2 Å². The van der Waals surface area contributed by atoms with Crippen molar-refractivity contribution in [2.45, 2.75) is 20.3 Å². The SMILES string of the molecule is CCOc1ccc(CCNC(=O)COC(=O)/C=C/c2ccc(OC)c(OC)c2)cc1OCC. The van der Waals surface area contributed by atoms with Gasteiger partial charge >= 0.3 is 5.97 Å². The Labute approximate surface area is 194 Å². The number of nitrogens with one attached hydrogen (secondary N) is 1. The zero-order valence-corrected chi connectivity index (χ0v) is 19.5. The summed E-state index contributed by atoms with van der Waals surface area (Å²) in [4.78, 5) is 23.9. The molecule has 0 aromatic heterocycles. The summed E-state index contributed by atoms with van der Waals surface area (Å²) >= 11 is 0. The fraction of sp³-hybridized carbons (Fsp3) is 0.360. The molecule has 0 fully saturated rings. The first-order chi connectivity index (χ1) is 16.0. The first-order valence-electron chi connectivity index (χ1n) is 10.7. The summed E-state index contributed by atoms with van der Waals surface area (Å²) in [5, 5.41) is 2.74. The number of esters is 1. The van der Waals surface area contributed by atoms with Crippen LogP contribution in [0.3, 0.4) is 0 Å². The molecule has 0 heterocycles. The van der Waals surface area contributed by atoms with E-state index in [9.17, 15) is 9.59 Å². The predicted molar refractivity (Wildman–Crippen MR) is 125 cm³/mol. The molecule has 2 aromatic rings. The highest BCUT2D eigenvalue weighted by Crippen LogP contribution is 2.29. The summed E-state index contributed by atoms with van der Waals surface area (Å²) in [5.74, 6) is 1.52. The molecule has 1 amide bonds. The van der Waals surface area contributed by atoms with E-state index in [1.807, 2.05) is 32.0 Å². The summed E-state index contributed by atoms with van der Waals surface area (Å²) < 4.78 is 26.6. The molecule has 2 rings (SSSR count). The van der Waals surface area contributed by atoms with Gasteiger partial charge in [0.05, 0.1) is 27.4 Å². The summed E-state index contributed by atoms with van der Waals surface area (Å²) in [6.07, 6.45) is 3.43. The van der Waals surface area contributed by atoms with Gasteiger partial charge in [0.2, 0.25) is 0 Å². The maximum Gasteiger partial charge on any atom is 0.331 e. The first-order valence-corrected chi connectivity index (χ1v) is 10.7. The maximum absolute atomic E-state index is 12.0. The zero-order valence-electron chi connectivity index (χ0n) is 19.5. The van der Waals surface area contributed by atoms with E-state index < -0.39 is 5.97 Å². The van der Waals surface area contributed by atoms with Gasteiger partial charge in [-0.1, -0.05) is 12.1 Å². The van der Waals surface area contributed by atoms with Crippen molar-refractivity contribution in [2.24, 2.45) is 0 Å². The van der Waals surface area contributed by atoms with E-state index in [4.69, 9.17) is 23.7 Å². The molecule has 8 nitrogen and oxygen atoms in total. The lowest BCUT2D eigenvalue weighted by atomic mass is 10.1. The molecule has 2 aromatic carbocycles. The van der Waals surface area contributed by atoms with Crippen molar-refractivity contribution in [3.8, 4) is 23.0 Å². The fourth-order valence-electron chi connectivity index (χ4n) is 2.95. The third-order valence-corrected chi connectivity index (χ3v) is 4.51. The van der Waals surface area contributed by atoms with Crippen LogP contribution in [0.4, 0.5) is 0 Å². The number of ether oxygens (including phenoxy) is 5. The van der Waals surface area contributed by atoms with Crippen molar-refractivity contribution in [1.29, 1.82) is 0 Å². The summed E-state index contributed by atoms with van der Waals surface area (Å²) in [6, 6.07) is 10.9. The Kier molecular flexibility index (Phi) is 10.6. The first kappa shape index (κ1) is 25.6. The Morgan fingerprint density at radius 3 is 2.27 bits per heavy atom. The van der Waals surface area contributed by atoms with Crippen LogP contribution in [0.2, 0.25) is 0 Å². The van der Waals surface area contributed by atoms with Crippen LogP contribution in [-0.4, -0.2) is 52.5 Å². The average molecular weight is 458 g/mol. The minimum atomic E-state index is -0.618. The van der Waals surface area contributed by atoms with Gasteiger partial charge in [-0.15, -0.1) is 0 Å². The molecular formula is C25H31NO7. The van der Waals surface area contributed by atoms with Crippen molar-refractivity contribution in [3.05, 3.63) is 53.6 Å². The molecule has 33 heavy (non-hydrogen) atoms. The van der Waals surface area contributed by atoms with Gasteiger partial charge < -0.3 is 29.0 Å². The predicted octanol–water partition coefficient (Wildman–Crippen LogP) is 3.42. The number of hydrogen-bond donors (Lipinski definition) is 1. The van der Waals surface area contributed by atoms with Crippen molar-refractivity contribution in [2.75, 3.05) is 40.6 Å². The molecule has 0 aliphatic rings. The molecule has 0 saturated heterocycles. The van der Waals surface area contributed by atoms with Gasteiger partial charge in [0.1, 0.15) is 0 Å². The lowest BCUT2D eigenvalue weighted by Gasteiger charge is -2.12. The Morgan fingerprint density at radius 1 is 0.879 bits per heavy atom. The minimum Gasteiger partial charge on any atom is -0.493 e. The van der Waals surface area contributed by atoms with Crippen molar-refractivity contribution in [1.82, 2.24) is 5.32 Å². The molecule has 0 aliphatic carbocycles. The Bertz CT molecular complexity index is 956. The van der Waals surface area contributed by atoms with Crippen LogP contribution in [0.15, 0.2) is 42.5 Å². The molecule has 8 heteroatoms. The van der Waals surface area contributed by atoms with E-state index in [1.54, 1.807) is 31.4 Å². The molecule has 0 radical (unpaired) electrons. The number of methoxy groups -OCH3 is 2. The van der Waals surface area contributed by atoms with Gasteiger partial charge in [-0.25, -0.2) is 4.79 Å². The van der Waals surface area contributed by atoms with Crippen LogP contribution >= 0.6 is 0 Å². The van der Waals surface area contributed by atoms with Gasteiger partial charge in [-0.05, 0) is 61.7 Å². The Hall–Kier alpha value is -3.68. The fourth-order valence-corrected chi connectivity index (χ4v) is 2.95. The van der Waals surface area contributed by atoms with E-state index >= 15 is 0 Å². The molecule has 0 bridgehead atoms. The average Bonchev–Trinajstić information content (AvgIpc) is 2.83. The van der Waals surface area contributed by atoms with Crippen molar-refractivity contribution >= 4 is 18.0 Å². The molecule has 0 unspecified atom stereocenters. The highest BCUT2D eigenvalue weighted by atomic mass is 16.5. The largest absolute Gasteiger partial charge is 0.493 e. The minimum absolute atomic E-state index is 0.359. The number of benzene rings is 2. The van der Waals surface area contributed by atoms with Crippen LogP contribution in [0.1, 0.15) is 25.0 Å². The van der Waals surface area contributed by atoms with E-state index in [1.165, 1.54) is 13.2 Å². The van der Waals surface area contributed by atoms with Crippen LogP contribution in [0.25, 0.3) is 6.08 Å². The van der Waals surface area contributed by atoms with Gasteiger partial charge in [0.15, 0.2) is 29.6 Å². The number of carbonyl (C=O) groups excluding carboxylic acids is 2. The van der Waals surface area contributed by atoms with E-state index in [2.05, 4.69) is 5.32 Å². The highest BCUT2D eigenvalue weighted by molar-refractivity contribution is 5.89. The number of amides is 1. The lowest BCUT2D eigenvalue weighted by Crippen LogP contribution is -2.30. The molecule has 0 saturated carbocycles. The summed E-state index contributed by atoms with van der Waals surface area (Å²) in [7, 11) is 3.08. The molecule has 0 aliphatic heterocycles. The standard InChI is InChI=1S/C25H31NO7/c1-5-31-21-11-8-19(16-23(21)32-6-2)13-14-26-24(27)17-33-25(28)12-9-18-7-10-20(29-3)22(15-18)30-4/h7-12,15-16H,5-6,13-14,17H2,1-4H3,(H,26,27)/b12-9+. The maximum atomic E-state index is 12.0. The van der Waals surface area contributed by atoms with Crippen molar-refractivity contribution < 1.29 is 33.3 Å². The van der Waals surface area contributed by atoms with Crippen LogP contribution in [-0.2, 0) is 20.7 Å². The second kappa shape index (κ2) is 13.7. The third-order valence-electron chi connectivity index (χ3n) is 4.51. The lowest BCUT2D eigenvalue weighted by molar-refractivity contribution is -0.143. The van der Waals surface area contributed by atoms with Crippen molar-refractivity contribution in [3.63, 3.8) is 0 Å². The Morgan fingerprint density at radius 2 is 1.58 bits per heavy atom. The quantitative estimate of drug-likeness (QED) is 0.364. The monoisotopic (exact) mass is 457 g/mol. The second-order valence-corrected chi connectivity index (χ2v) is 6.80. The normalized spacial score (nSPS) is 10.5. The van der Waals surface area contributed by atoms with Gasteiger partial charge in [0, 0.05) is 12.6 Å². The third kappa shape index (κ3) is 8.40. The topological polar surface area (TPSA) is 92.3 Å². The Balaban J connectivity index is 1.77. The van der Waals surface area contributed by atoms with E-state index in [-0.39, 0.29) is 12.5 Å². The summed E-state index contributed by atoms with van der Waals surface area (Å²) in [6.45, 7) is 4.95. The van der Waals surface area contributed by atoms with E-state index in [0.717, 1.165) is 11.1 Å². The van der Waals surface area contributed by atoms with Crippen LogP contribution in [0, 0.1) is 0 Å². The summed E-state index contributed by atoms with van der Waals surface area (Å²) in [5.41, 5.74) is 1.73. The van der Waals surface area contributed by atoms with Gasteiger partial charge in [-0.3, -0.25) is 4.79 Å². The number of carbonyl (C=O) groups is 2. The molecule has 0 spiro atoms. The van der Waals surface area contributed by atoms with Crippen LogP contribution < -0.4 is 24.3 Å². The molecule has 178 valence electrons. The highest BCUT2D eigenvalue weighted by Gasteiger charge is 2.08. The zero-order chi connectivity index (χ0) is 24.1.